The number of fused-ring (bicyclic) bond motifs is 2. The number of aromatic nitrogens is 4. The van der Waals surface area contributed by atoms with Crippen molar-refractivity contribution in [3.63, 3.8) is 0 Å². The number of likely N-dealkylation sites (N-methyl/N-ethyl adjacent to an activating group) is 1. The van der Waals surface area contributed by atoms with Gasteiger partial charge in [0, 0.05) is 92.1 Å². The monoisotopic (exact) mass is 1280 g/mol. The number of hydrogen-bond donors (Lipinski definition) is 17. The molecule has 0 bridgehead atoms. The Morgan fingerprint density at radius 2 is 1.19 bits per heavy atom. The molecule has 2 saturated heterocycles. The van der Waals surface area contributed by atoms with Crippen LogP contribution in [0, 0.1) is 11.3 Å². The van der Waals surface area contributed by atoms with E-state index in [1.54, 1.807) is 51.4 Å². The number of amides is 10. The summed E-state index contributed by atoms with van der Waals surface area (Å²) in [5.74, 6) is -7.79. The van der Waals surface area contributed by atoms with Crippen LogP contribution in [0.3, 0.4) is 0 Å². The van der Waals surface area contributed by atoms with Crippen molar-refractivity contribution in [2.45, 2.75) is 146 Å². The lowest BCUT2D eigenvalue weighted by Gasteiger charge is -2.30. The maximum Gasteiger partial charge on any atom is 0.245 e. The topological polar surface area (TPSA) is 445 Å². The van der Waals surface area contributed by atoms with E-state index in [0.717, 1.165) is 10.9 Å². The fraction of sp³-hybridized carbons (Fsp3) is 0.438. The molecule has 29 nitrogen and oxygen atoms in total. The zero-order valence-corrected chi connectivity index (χ0v) is 52.1. The minimum Gasteiger partial charge on any atom is -0.508 e. The van der Waals surface area contributed by atoms with Gasteiger partial charge in [-0.2, -0.15) is 0 Å². The molecule has 29 heteroatoms. The molecule has 18 N–H and O–H groups in total. The number of benzene rings is 3. The van der Waals surface area contributed by atoms with Gasteiger partial charge >= 0.3 is 0 Å². The van der Waals surface area contributed by atoms with E-state index >= 15 is 0 Å². The number of phenols is 1. The van der Waals surface area contributed by atoms with E-state index in [0.29, 0.717) is 52.7 Å². The zero-order chi connectivity index (χ0) is 66.7. The lowest BCUT2D eigenvalue weighted by molar-refractivity contribution is -0.142. The molecular weight excluding hydrogens is 1200 g/mol. The number of hydrogen-bond acceptors (Lipinski definition) is 14. The molecule has 0 saturated carbocycles. The number of aromatic hydroxyl groups is 1. The molecule has 2 aliphatic heterocycles. The first-order chi connectivity index (χ1) is 44.7. The molecule has 3 aromatic carbocycles. The highest BCUT2D eigenvalue weighted by atomic mass is 16.3. The smallest absolute Gasteiger partial charge is 0.245 e. The van der Waals surface area contributed by atoms with Crippen molar-refractivity contribution in [2.24, 2.45) is 11.7 Å². The van der Waals surface area contributed by atoms with Crippen LogP contribution in [-0.4, -0.2) is 181 Å². The van der Waals surface area contributed by atoms with Crippen LogP contribution in [0.5, 0.6) is 5.75 Å². The summed E-state index contributed by atoms with van der Waals surface area (Å²) in [7, 11) is 0. The number of rotatable bonds is 32. The summed E-state index contributed by atoms with van der Waals surface area (Å²) < 4.78 is 0. The minimum atomic E-state index is -1.77. The van der Waals surface area contributed by atoms with Gasteiger partial charge in [0.05, 0.1) is 18.6 Å². The van der Waals surface area contributed by atoms with Crippen molar-refractivity contribution in [3.05, 3.63) is 120 Å². The summed E-state index contributed by atoms with van der Waals surface area (Å²) in [6.07, 6.45) is 7.15. The number of likely N-dealkylation sites (tertiary alicyclic amines) is 1. The molecule has 2 fully saturated rings. The fourth-order valence-electron chi connectivity index (χ4n) is 11.6. The van der Waals surface area contributed by atoms with Crippen LogP contribution < -0.4 is 58.9 Å². The van der Waals surface area contributed by atoms with Crippen LogP contribution in [0.4, 0.5) is 0 Å². The van der Waals surface area contributed by atoms with Gasteiger partial charge in [-0.25, -0.2) is 4.98 Å². The number of carbonyl (C=O) groups is 10. The predicted octanol–water partition coefficient (Wildman–Crippen LogP) is -0.551. The molecule has 9 atom stereocenters. The summed E-state index contributed by atoms with van der Waals surface area (Å²) in [5, 5.41) is 57.3. The Hall–Kier alpha value is -10.3. The summed E-state index contributed by atoms with van der Waals surface area (Å²) in [6, 6.07) is 8.47. The van der Waals surface area contributed by atoms with E-state index in [9.17, 15) is 58.2 Å². The van der Waals surface area contributed by atoms with Gasteiger partial charge in [-0.3, -0.25) is 53.4 Å². The first kappa shape index (κ1) is 68.6. The predicted molar refractivity (Wildman–Crippen MR) is 342 cm³/mol. The Balaban J connectivity index is 1.04. The normalized spacial score (nSPS) is 16.8. The summed E-state index contributed by atoms with van der Waals surface area (Å²) in [6.45, 7) is 5.13. The number of carbonyl (C=O) groups excluding carboxylic acids is 10. The number of imidazole rings is 1. The van der Waals surface area contributed by atoms with Gasteiger partial charge in [-0.15, -0.1) is 0 Å². The molecule has 8 rings (SSSR count). The highest BCUT2D eigenvalue weighted by molar-refractivity contribution is 6.00. The number of para-hydroxylation sites is 2. The molecule has 3 aromatic heterocycles. The SMILES string of the molecule is CCNC(=O)[C@@H]1CCCN1C(=O)[C@H](CCCNC(=N)N)NC(=O)[C@H](Cc1c[nH]c2ccccc12)NC(=O)[C@@H](CC(C)C)NC(=O)[C@H](Cc1ccc(O)cc1)NC(=O)[C@H](CO)NC(=O)[C@H](Cc1c[nH]c2ccccc12)NC(=O)[C@H](Cc1c[nH]cn1)NC(=O)[C@@H]1CCC(=O)N1. The van der Waals surface area contributed by atoms with Crippen LogP contribution >= 0.6 is 0 Å². The molecular formula is C64H83N17O12. The Morgan fingerprint density at radius 1 is 0.656 bits per heavy atom. The van der Waals surface area contributed by atoms with Gasteiger partial charge in [0.1, 0.15) is 60.1 Å². The van der Waals surface area contributed by atoms with E-state index in [1.807, 2.05) is 30.3 Å². The second-order valence-electron chi connectivity index (χ2n) is 23.7. The minimum absolute atomic E-state index is 0.00154. The number of nitrogens with zero attached hydrogens (tertiary/aromatic N) is 2. The molecule has 0 spiro atoms. The molecule has 496 valence electrons. The lowest BCUT2D eigenvalue weighted by Crippen LogP contribution is -2.61. The third-order valence-corrected chi connectivity index (χ3v) is 16.3. The maximum absolute atomic E-state index is 15.0. The number of H-pyrrole nitrogens is 3. The van der Waals surface area contributed by atoms with Gasteiger partial charge in [0.25, 0.3) is 0 Å². The third-order valence-electron chi connectivity index (χ3n) is 16.3. The van der Waals surface area contributed by atoms with Crippen molar-refractivity contribution < 1.29 is 58.2 Å². The molecule has 93 heavy (non-hydrogen) atoms. The van der Waals surface area contributed by atoms with Crippen molar-refractivity contribution >= 4 is 86.8 Å². The summed E-state index contributed by atoms with van der Waals surface area (Å²) >= 11 is 0. The van der Waals surface area contributed by atoms with Crippen molar-refractivity contribution in [2.75, 3.05) is 26.2 Å². The summed E-state index contributed by atoms with van der Waals surface area (Å²) in [4.78, 5) is 156. The molecule has 0 unspecified atom stereocenters. The highest BCUT2D eigenvalue weighted by Crippen LogP contribution is 2.24. The van der Waals surface area contributed by atoms with Crippen LogP contribution in [0.15, 0.2) is 97.7 Å². The molecule has 6 aromatic rings. The standard InChI is InChI=1S/C64H83N17O12/c1-4-68-62(92)53-16-10-24-81(53)63(93)46(15-9-23-69-64(65)66)74-58(88)49(27-37-30-70-43-13-7-5-11-41(37)43)77-56(86)47(25-35(2)3)75-57(87)48(26-36-17-19-40(83)20-18-36)76-61(91)52(33-82)80-59(89)50(28-38-31-71-44-14-8-6-12-42(38)44)78-60(90)51(29-39-32-67-34-72-39)79-55(85)45-21-22-54(84)73-45/h5-8,11-14,17-20,30-32,34-35,45-53,70-71,82-83H,4,9-10,15-16,21-29,33H2,1-3H3,(H,67,72)(H,68,92)(H,73,84)(H,74,88)(H,75,87)(H,76,91)(H,77,86)(H,78,90)(H,79,85)(H,80,89)(H4,65,66,69)/t45-,46-,47+,48-,49-,50-,51-,52-,53-/m0/s1. The van der Waals surface area contributed by atoms with Crippen LogP contribution in [0.2, 0.25) is 0 Å². The van der Waals surface area contributed by atoms with Crippen LogP contribution in [-0.2, 0) is 73.6 Å². The maximum atomic E-state index is 15.0. The van der Waals surface area contributed by atoms with E-state index in [1.165, 1.54) is 41.7 Å². The van der Waals surface area contributed by atoms with E-state index in [-0.39, 0.29) is 100 Å². The molecule has 10 amide bonds. The zero-order valence-electron chi connectivity index (χ0n) is 52.1. The van der Waals surface area contributed by atoms with Crippen LogP contribution in [0.1, 0.15) is 88.1 Å². The second kappa shape index (κ2) is 32.6. The first-order valence-electron chi connectivity index (χ1n) is 31.2. The number of aliphatic hydroxyl groups is 1. The number of phenolic OH excluding ortho intramolecular Hbond substituents is 1. The summed E-state index contributed by atoms with van der Waals surface area (Å²) in [5.41, 5.74) is 9.02. The number of aromatic amines is 3. The van der Waals surface area contributed by atoms with E-state index in [2.05, 4.69) is 73.1 Å². The Bertz CT molecular complexity index is 3630. The number of guanidine groups is 1. The second-order valence-corrected chi connectivity index (χ2v) is 23.7. The number of nitrogens with one attached hydrogen (secondary N) is 14. The van der Waals surface area contributed by atoms with E-state index in [4.69, 9.17) is 11.1 Å². The van der Waals surface area contributed by atoms with E-state index < -0.39 is 108 Å². The average Bonchev–Trinajstić information content (AvgIpc) is 1.87. The Morgan fingerprint density at radius 3 is 1.73 bits per heavy atom. The lowest BCUT2D eigenvalue weighted by atomic mass is 9.99. The Labute approximate surface area is 536 Å². The van der Waals surface area contributed by atoms with Crippen molar-refractivity contribution in [1.29, 1.82) is 5.41 Å². The average molecular weight is 1280 g/mol. The van der Waals surface area contributed by atoms with Gasteiger partial charge in [-0.05, 0) is 92.3 Å². The molecule has 0 aliphatic carbocycles. The van der Waals surface area contributed by atoms with Crippen LogP contribution in [0.25, 0.3) is 21.8 Å². The quantitative estimate of drug-likeness (QED) is 0.0143. The van der Waals surface area contributed by atoms with Gasteiger partial charge < -0.3 is 89.0 Å². The first-order valence-corrected chi connectivity index (χ1v) is 31.2. The molecule has 0 radical (unpaired) electrons. The van der Waals surface area contributed by atoms with Gasteiger partial charge in [0.15, 0.2) is 5.96 Å². The van der Waals surface area contributed by atoms with Crippen molar-refractivity contribution in [1.82, 2.24) is 78.0 Å². The largest absolute Gasteiger partial charge is 0.508 e. The number of aliphatic hydroxyl groups excluding tert-OH is 1. The molecule has 2 aliphatic rings. The van der Waals surface area contributed by atoms with Gasteiger partial charge in [-0.1, -0.05) is 62.4 Å². The molecule has 5 heterocycles. The van der Waals surface area contributed by atoms with Crippen molar-refractivity contribution in [3.8, 4) is 5.75 Å². The fourth-order valence-corrected chi connectivity index (χ4v) is 11.6. The highest BCUT2D eigenvalue weighted by Gasteiger charge is 2.40. The Kier molecular flexibility index (Phi) is 24.1. The van der Waals surface area contributed by atoms with Gasteiger partial charge in [0.2, 0.25) is 59.1 Å². The third kappa shape index (κ3) is 18.9. The number of nitrogens with two attached hydrogens (primary N) is 1.